The van der Waals surface area contributed by atoms with Crippen molar-refractivity contribution in [3.63, 3.8) is 0 Å². The standard InChI is InChI=1S/C20H29N3O4S2/c1-14-10-15(2)13-22(12-14)20(28)21-19(24)18-11-17(5-4-16(18)3)29(25,26)23-6-8-27-9-7-23/h4-5,11,14-15H,6-10,12-13H2,1-3H3,(H,21,24,28)/t14-,15-/m1/s1. The number of likely N-dealkylation sites (tertiary alicyclic amines) is 1. The summed E-state index contributed by atoms with van der Waals surface area (Å²) in [5.41, 5.74) is 1.02. The van der Waals surface area contributed by atoms with E-state index in [1.807, 2.05) is 4.90 Å². The van der Waals surface area contributed by atoms with Gasteiger partial charge < -0.3 is 9.64 Å². The Morgan fingerprint density at radius 1 is 1.17 bits per heavy atom. The maximum atomic E-state index is 12.9. The summed E-state index contributed by atoms with van der Waals surface area (Å²) in [7, 11) is -3.67. The number of rotatable bonds is 3. The number of sulfonamides is 1. The summed E-state index contributed by atoms with van der Waals surface area (Å²) >= 11 is 5.46. The Balaban J connectivity index is 1.77. The molecule has 2 heterocycles. The van der Waals surface area contributed by atoms with Crippen LogP contribution in [-0.2, 0) is 14.8 Å². The third-order valence-corrected chi connectivity index (χ3v) is 7.69. The molecule has 0 spiro atoms. The topological polar surface area (TPSA) is 78.9 Å². The average molecular weight is 440 g/mol. The number of piperidine rings is 1. The molecule has 1 N–H and O–H groups in total. The summed E-state index contributed by atoms with van der Waals surface area (Å²) in [6.07, 6.45) is 1.15. The molecule has 2 fully saturated rings. The van der Waals surface area contributed by atoms with Crippen LogP contribution in [0.4, 0.5) is 0 Å². The second kappa shape index (κ2) is 9.07. The Morgan fingerprint density at radius 3 is 2.41 bits per heavy atom. The number of hydrogen-bond acceptors (Lipinski definition) is 5. The van der Waals surface area contributed by atoms with Crippen LogP contribution in [0.1, 0.15) is 36.2 Å². The Bertz CT molecular complexity index is 872. The highest BCUT2D eigenvalue weighted by Crippen LogP contribution is 2.22. The Kier molecular flexibility index (Phi) is 6.93. The minimum atomic E-state index is -3.67. The number of benzene rings is 1. The first kappa shape index (κ1) is 22.1. The van der Waals surface area contributed by atoms with E-state index in [4.69, 9.17) is 17.0 Å². The van der Waals surface area contributed by atoms with E-state index in [9.17, 15) is 13.2 Å². The third-order valence-electron chi connectivity index (χ3n) is 5.44. The molecule has 29 heavy (non-hydrogen) atoms. The quantitative estimate of drug-likeness (QED) is 0.726. The molecule has 0 saturated carbocycles. The summed E-state index contributed by atoms with van der Waals surface area (Å²) in [6, 6.07) is 4.65. The zero-order chi connectivity index (χ0) is 21.2. The van der Waals surface area contributed by atoms with Gasteiger partial charge in [0.1, 0.15) is 0 Å². The molecule has 7 nitrogen and oxygen atoms in total. The first-order valence-electron chi connectivity index (χ1n) is 9.97. The first-order chi connectivity index (χ1) is 13.7. The molecule has 0 radical (unpaired) electrons. The summed E-state index contributed by atoms with van der Waals surface area (Å²) in [5, 5.41) is 3.19. The maximum absolute atomic E-state index is 12.9. The number of morpholine rings is 1. The number of carbonyl (C=O) groups is 1. The lowest BCUT2D eigenvalue weighted by Gasteiger charge is -2.36. The van der Waals surface area contributed by atoms with Crippen molar-refractivity contribution in [2.75, 3.05) is 39.4 Å². The summed E-state index contributed by atoms with van der Waals surface area (Å²) in [5.74, 6) is 0.645. The van der Waals surface area contributed by atoms with Gasteiger partial charge in [-0.1, -0.05) is 19.9 Å². The highest BCUT2D eigenvalue weighted by atomic mass is 32.2. The molecular formula is C20H29N3O4S2. The number of hydrogen-bond donors (Lipinski definition) is 1. The zero-order valence-electron chi connectivity index (χ0n) is 17.2. The Hall–Kier alpha value is -1.55. The molecule has 0 aromatic heterocycles. The number of amides is 1. The van der Waals surface area contributed by atoms with Gasteiger partial charge in [0.2, 0.25) is 10.0 Å². The molecular weight excluding hydrogens is 410 g/mol. The lowest BCUT2D eigenvalue weighted by atomic mass is 9.92. The van der Waals surface area contributed by atoms with Crippen molar-refractivity contribution in [2.24, 2.45) is 11.8 Å². The minimum absolute atomic E-state index is 0.112. The largest absolute Gasteiger partial charge is 0.379 e. The molecule has 1 aromatic rings. The van der Waals surface area contributed by atoms with E-state index in [1.165, 1.54) is 10.4 Å². The summed E-state index contributed by atoms with van der Waals surface area (Å²) in [4.78, 5) is 15.0. The van der Waals surface area contributed by atoms with Crippen LogP contribution in [0.3, 0.4) is 0 Å². The van der Waals surface area contributed by atoms with Gasteiger partial charge in [-0.3, -0.25) is 10.1 Å². The van der Waals surface area contributed by atoms with E-state index >= 15 is 0 Å². The molecule has 1 aromatic carbocycles. The van der Waals surface area contributed by atoms with Crippen LogP contribution in [-0.4, -0.2) is 68.0 Å². The number of aryl methyl sites for hydroxylation is 1. The second-order valence-corrected chi connectivity index (χ2v) is 10.4. The number of nitrogens with one attached hydrogen (secondary N) is 1. The van der Waals surface area contributed by atoms with E-state index < -0.39 is 10.0 Å². The Labute approximate surface area is 178 Å². The van der Waals surface area contributed by atoms with Crippen LogP contribution in [0.2, 0.25) is 0 Å². The third kappa shape index (κ3) is 5.14. The molecule has 9 heteroatoms. The lowest BCUT2D eigenvalue weighted by Crippen LogP contribution is -2.49. The van der Waals surface area contributed by atoms with Gasteiger partial charge in [0.15, 0.2) is 5.11 Å². The molecule has 2 aliphatic rings. The molecule has 160 valence electrons. The normalized spacial score (nSPS) is 23.6. The van der Waals surface area contributed by atoms with Gasteiger partial charge in [0.05, 0.1) is 18.1 Å². The van der Waals surface area contributed by atoms with Crippen LogP contribution in [0.15, 0.2) is 23.1 Å². The average Bonchev–Trinajstić information content (AvgIpc) is 2.68. The van der Waals surface area contributed by atoms with E-state index in [1.54, 1.807) is 19.1 Å². The van der Waals surface area contributed by atoms with Gasteiger partial charge in [0, 0.05) is 31.7 Å². The van der Waals surface area contributed by atoms with Gasteiger partial charge in [-0.25, -0.2) is 8.42 Å². The SMILES string of the molecule is Cc1ccc(S(=O)(=O)N2CCOCC2)cc1C(=O)NC(=S)N1C[C@H](C)C[C@@H](C)C1. The van der Waals surface area contributed by atoms with E-state index in [2.05, 4.69) is 19.2 Å². The number of nitrogens with zero attached hydrogens (tertiary/aromatic N) is 2. The van der Waals surface area contributed by atoms with Crippen LogP contribution in [0, 0.1) is 18.8 Å². The lowest BCUT2D eigenvalue weighted by molar-refractivity contribution is 0.0730. The highest BCUT2D eigenvalue weighted by molar-refractivity contribution is 7.89. The van der Waals surface area contributed by atoms with Crippen molar-refractivity contribution in [3.05, 3.63) is 29.3 Å². The molecule has 3 rings (SSSR count). The van der Waals surface area contributed by atoms with Crippen molar-refractivity contribution in [1.82, 2.24) is 14.5 Å². The minimum Gasteiger partial charge on any atom is -0.379 e. The zero-order valence-corrected chi connectivity index (χ0v) is 18.8. The summed E-state index contributed by atoms with van der Waals surface area (Å²) in [6.45, 7) is 9.14. The predicted octanol–water partition coefficient (Wildman–Crippen LogP) is 2.01. The van der Waals surface area contributed by atoms with Gasteiger partial charge in [-0.15, -0.1) is 0 Å². The van der Waals surface area contributed by atoms with Gasteiger partial charge in [0.25, 0.3) is 5.91 Å². The number of ether oxygens (including phenoxy) is 1. The molecule has 1 amide bonds. The molecule has 2 aliphatic heterocycles. The van der Waals surface area contributed by atoms with Crippen molar-refractivity contribution in [1.29, 1.82) is 0 Å². The molecule has 2 saturated heterocycles. The van der Waals surface area contributed by atoms with Crippen molar-refractivity contribution >= 4 is 33.3 Å². The van der Waals surface area contributed by atoms with Crippen LogP contribution < -0.4 is 5.32 Å². The smallest absolute Gasteiger partial charge is 0.257 e. The van der Waals surface area contributed by atoms with Gasteiger partial charge in [-0.05, 0) is 55.1 Å². The highest BCUT2D eigenvalue weighted by Gasteiger charge is 2.28. The monoisotopic (exact) mass is 439 g/mol. The van der Waals surface area contributed by atoms with E-state index in [0.717, 1.165) is 19.5 Å². The number of carbonyl (C=O) groups excluding carboxylic acids is 1. The first-order valence-corrected chi connectivity index (χ1v) is 11.8. The fourth-order valence-corrected chi connectivity index (χ4v) is 5.69. The molecule has 2 atom stereocenters. The fraction of sp³-hybridized carbons (Fsp3) is 0.600. The Morgan fingerprint density at radius 2 is 1.79 bits per heavy atom. The predicted molar refractivity (Wildman–Crippen MR) is 115 cm³/mol. The second-order valence-electron chi connectivity index (χ2n) is 8.10. The fourth-order valence-electron chi connectivity index (χ4n) is 4.01. The number of thiocarbonyl (C=S) groups is 1. The van der Waals surface area contributed by atoms with Gasteiger partial charge >= 0.3 is 0 Å². The molecule has 0 unspecified atom stereocenters. The summed E-state index contributed by atoms with van der Waals surface area (Å²) < 4.78 is 32.5. The van der Waals surface area contributed by atoms with Crippen molar-refractivity contribution in [2.45, 2.75) is 32.1 Å². The van der Waals surface area contributed by atoms with Gasteiger partial charge in [-0.2, -0.15) is 4.31 Å². The van der Waals surface area contributed by atoms with E-state index in [0.29, 0.717) is 54.4 Å². The van der Waals surface area contributed by atoms with Crippen LogP contribution in [0.25, 0.3) is 0 Å². The van der Waals surface area contributed by atoms with Crippen molar-refractivity contribution in [3.8, 4) is 0 Å². The molecule has 0 bridgehead atoms. The molecule has 0 aliphatic carbocycles. The maximum Gasteiger partial charge on any atom is 0.257 e. The van der Waals surface area contributed by atoms with E-state index in [-0.39, 0.29) is 10.8 Å². The van der Waals surface area contributed by atoms with Crippen LogP contribution >= 0.6 is 12.2 Å². The van der Waals surface area contributed by atoms with Crippen LogP contribution in [0.5, 0.6) is 0 Å². The van der Waals surface area contributed by atoms with Crippen molar-refractivity contribution < 1.29 is 17.9 Å².